The van der Waals surface area contributed by atoms with Crippen LogP contribution in [0.15, 0.2) is 45.5 Å². The van der Waals surface area contributed by atoms with Crippen molar-refractivity contribution in [3.05, 3.63) is 52.4 Å². The fraction of sp³-hybridized carbons (Fsp3) is 0.167. The van der Waals surface area contributed by atoms with Crippen molar-refractivity contribution < 1.29 is 23.6 Å². The normalized spacial score (nSPS) is 10.4. The first kappa shape index (κ1) is 19.5. The van der Waals surface area contributed by atoms with E-state index in [-0.39, 0.29) is 5.69 Å². The molecular formula is C18H17BrN4O5. The highest BCUT2D eigenvalue weighted by Gasteiger charge is 2.18. The lowest BCUT2D eigenvalue weighted by Crippen LogP contribution is -2.42. The number of carbonyl (C=O) groups is 2. The van der Waals surface area contributed by atoms with Crippen LogP contribution in [0.25, 0.3) is 11.3 Å². The molecule has 3 aromatic rings. The molecule has 0 spiro atoms. The molecule has 0 aliphatic carbocycles. The molecule has 2 amide bonds. The fourth-order valence-corrected chi connectivity index (χ4v) is 3.03. The predicted molar refractivity (Wildman–Crippen MR) is 103 cm³/mol. The Morgan fingerprint density at radius 3 is 2.50 bits per heavy atom. The van der Waals surface area contributed by atoms with Crippen LogP contribution in [-0.2, 0) is 7.05 Å². The van der Waals surface area contributed by atoms with Gasteiger partial charge in [-0.15, -0.1) is 0 Å². The maximum absolute atomic E-state index is 12.3. The van der Waals surface area contributed by atoms with Gasteiger partial charge in [0.2, 0.25) is 0 Å². The number of aromatic nitrogens is 2. The first-order chi connectivity index (χ1) is 13.4. The van der Waals surface area contributed by atoms with E-state index in [9.17, 15) is 9.59 Å². The van der Waals surface area contributed by atoms with E-state index in [1.807, 2.05) is 0 Å². The number of methoxy groups -OCH3 is 2. The second-order valence-corrected chi connectivity index (χ2v) is 6.62. The lowest BCUT2D eigenvalue weighted by Gasteiger charge is -2.07. The van der Waals surface area contributed by atoms with Crippen LogP contribution in [0.4, 0.5) is 0 Å². The minimum atomic E-state index is -0.626. The van der Waals surface area contributed by atoms with Gasteiger partial charge in [0.1, 0.15) is 17.2 Å². The Labute approximate surface area is 168 Å². The van der Waals surface area contributed by atoms with Crippen molar-refractivity contribution in [1.29, 1.82) is 0 Å². The van der Waals surface area contributed by atoms with Crippen molar-refractivity contribution in [2.45, 2.75) is 0 Å². The number of benzene rings is 1. The molecular weight excluding hydrogens is 432 g/mol. The summed E-state index contributed by atoms with van der Waals surface area (Å²) in [5.41, 5.74) is 5.58. The van der Waals surface area contributed by atoms with Gasteiger partial charge in [-0.1, -0.05) is 5.16 Å². The third-order valence-electron chi connectivity index (χ3n) is 3.91. The highest BCUT2D eigenvalue weighted by Crippen LogP contribution is 2.33. The zero-order chi connectivity index (χ0) is 20.3. The van der Waals surface area contributed by atoms with Crippen LogP contribution in [0.3, 0.4) is 0 Å². The smallest absolute Gasteiger partial charge is 0.291 e. The Bertz CT molecular complexity index is 1030. The van der Waals surface area contributed by atoms with Gasteiger partial charge in [-0.2, -0.15) is 0 Å². The topological polar surface area (TPSA) is 108 Å². The van der Waals surface area contributed by atoms with E-state index in [0.717, 1.165) is 4.47 Å². The standard InChI is InChI=1S/C18H17BrN4O5/c1-23-9-10(19)6-14(23)18(25)21-20-17(24)13-8-16(28-22-13)12-7-11(26-2)4-5-15(12)27-3/h4-9H,1-3H3,(H,20,24)(H,21,25). The number of ether oxygens (including phenoxy) is 2. The van der Waals surface area contributed by atoms with Crippen LogP contribution in [0.2, 0.25) is 0 Å². The van der Waals surface area contributed by atoms with Crippen molar-refractivity contribution in [3.63, 3.8) is 0 Å². The zero-order valence-corrected chi connectivity index (χ0v) is 16.9. The van der Waals surface area contributed by atoms with Crippen molar-refractivity contribution in [2.24, 2.45) is 7.05 Å². The fourth-order valence-electron chi connectivity index (χ4n) is 2.51. The van der Waals surface area contributed by atoms with Gasteiger partial charge in [0.15, 0.2) is 11.5 Å². The van der Waals surface area contributed by atoms with Crippen LogP contribution >= 0.6 is 15.9 Å². The number of hydrogen-bond acceptors (Lipinski definition) is 6. The lowest BCUT2D eigenvalue weighted by molar-refractivity contribution is 0.0837. The molecule has 0 unspecified atom stereocenters. The van der Waals surface area contributed by atoms with Gasteiger partial charge in [-0.25, -0.2) is 0 Å². The van der Waals surface area contributed by atoms with E-state index >= 15 is 0 Å². The maximum Gasteiger partial charge on any atom is 0.291 e. The van der Waals surface area contributed by atoms with Gasteiger partial charge in [-0.3, -0.25) is 20.4 Å². The second-order valence-electron chi connectivity index (χ2n) is 5.71. The van der Waals surface area contributed by atoms with E-state index < -0.39 is 11.8 Å². The Morgan fingerprint density at radius 2 is 1.86 bits per heavy atom. The third kappa shape index (κ3) is 4.01. The molecule has 0 bridgehead atoms. The Hall–Kier alpha value is -3.27. The van der Waals surface area contributed by atoms with Gasteiger partial charge in [0.25, 0.3) is 11.8 Å². The molecule has 28 heavy (non-hydrogen) atoms. The minimum Gasteiger partial charge on any atom is -0.497 e. The first-order valence-corrected chi connectivity index (χ1v) is 8.84. The second kappa shape index (κ2) is 8.17. The van der Waals surface area contributed by atoms with E-state index in [2.05, 4.69) is 31.9 Å². The van der Waals surface area contributed by atoms with E-state index in [0.29, 0.717) is 28.5 Å². The number of aryl methyl sites for hydroxylation is 1. The predicted octanol–water partition coefficient (Wildman–Crippen LogP) is 2.53. The zero-order valence-electron chi connectivity index (χ0n) is 15.3. The molecule has 0 fully saturated rings. The molecule has 9 nitrogen and oxygen atoms in total. The van der Waals surface area contributed by atoms with Gasteiger partial charge in [0.05, 0.1) is 19.8 Å². The minimum absolute atomic E-state index is 0.00626. The van der Waals surface area contributed by atoms with Crippen molar-refractivity contribution in [1.82, 2.24) is 20.6 Å². The molecule has 1 aromatic carbocycles. The highest BCUT2D eigenvalue weighted by molar-refractivity contribution is 9.10. The van der Waals surface area contributed by atoms with Gasteiger partial charge in [-0.05, 0) is 40.2 Å². The molecule has 0 aliphatic rings. The molecule has 3 rings (SSSR count). The van der Waals surface area contributed by atoms with Crippen LogP contribution in [0, 0.1) is 0 Å². The van der Waals surface area contributed by atoms with Crippen LogP contribution in [0.1, 0.15) is 21.0 Å². The number of nitrogens with one attached hydrogen (secondary N) is 2. The van der Waals surface area contributed by atoms with Crippen molar-refractivity contribution in [3.8, 4) is 22.8 Å². The summed E-state index contributed by atoms with van der Waals surface area (Å²) in [7, 11) is 4.78. The van der Waals surface area contributed by atoms with E-state index in [1.54, 1.807) is 49.2 Å². The number of hydrazine groups is 1. The monoisotopic (exact) mass is 448 g/mol. The average Bonchev–Trinajstić information content (AvgIpc) is 3.31. The summed E-state index contributed by atoms with van der Waals surface area (Å²) in [6.07, 6.45) is 1.72. The molecule has 0 radical (unpaired) electrons. The first-order valence-electron chi connectivity index (χ1n) is 8.04. The largest absolute Gasteiger partial charge is 0.497 e. The third-order valence-corrected chi connectivity index (χ3v) is 4.34. The van der Waals surface area contributed by atoms with E-state index in [4.69, 9.17) is 14.0 Å². The summed E-state index contributed by atoms with van der Waals surface area (Å²) < 4.78 is 18.1. The summed E-state index contributed by atoms with van der Waals surface area (Å²) in [6.45, 7) is 0. The quantitative estimate of drug-likeness (QED) is 0.580. The summed E-state index contributed by atoms with van der Waals surface area (Å²) in [5.74, 6) is 0.350. The number of halogens is 1. The molecule has 0 aliphatic heterocycles. The van der Waals surface area contributed by atoms with Gasteiger partial charge < -0.3 is 18.6 Å². The van der Waals surface area contributed by atoms with Gasteiger partial charge in [0, 0.05) is 23.8 Å². The molecule has 0 saturated heterocycles. The van der Waals surface area contributed by atoms with Crippen LogP contribution in [-0.4, -0.2) is 35.8 Å². The molecule has 2 aromatic heterocycles. The lowest BCUT2D eigenvalue weighted by atomic mass is 10.1. The van der Waals surface area contributed by atoms with Crippen LogP contribution in [0.5, 0.6) is 11.5 Å². The number of hydrogen-bond donors (Lipinski definition) is 2. The van der Waals surface area contributed by atoms with E-state index in [1.165, 1.54) is 13.2 Å². The SMILES string of the molecule is COc1ccc(OC)c(-c2cc(C(=O)NNC(=O)c3cc(Br)cn3C)no2)c1. The Morgan fingerprint density at radius 1 is 1.11 bits per heavy atom. The summed E-state index contributed by atoms with van der Waals surface area (Å²) >= 11 is 3.29. The highest BCUT2D eigenvalue weighted by atomic mass is 79.9. The number of nitrogens with zero attached hydrogens (tertiary/aromatic N) is 2. The summed E-state index contributed by atoms with van der Waals surface area (Å²) in [5, 5.41) is 3.75. The molecule has 2 heterocycles. The van der Waals surface area contributed by atoms with Crippen molar-refractivity contribution >= 4 is 27.7 Å². The van der Waals surface area contributed by atoms with Crippen molar-refractivity contribution in [2.75, 3.05) is 14.2 Å². The number of rotatable bonds is 5. The molecule has 146 valence electrons. The molecule has 0 atom stereocenters. The number of carbonyl (C=O) groups excluding carboxylic acids is 2. The van der Waals surface area contributed by atoms with Gasteiger partial charge >= 0.3 is 0 Å². The molecule has 10 heteroatoms. The number of amides is 2. The summed E-state index contributed by atoms with van der Waals surface area (Å²) in [6, 6.07) is 8.23. The van der Waals surface area contributed by atoms with Crippen LogP contribution < -0.4 is 20.3 Å². The Balaban J connectivity index is 1.72. The summed E-state index contributed by atoms with van der Waals surface area (Å²) in [4.78, 5) is 24.4. The maximum atomic E-state index is 12.3. The molecule has 0 saturated carbocycles. The average molecular weight is 449 g/mol. The molecule has 2 N–H and O–H groups in total. The Kier molecular flexibility index (Phi) is 5.69.